The Hall–Kier alpha value is -5.59. The molecule has 0 atom stereocenters. The first-order valence-electron chi connectivity index (χ1n) is 13.4. The third-order valence-electron chi connectivity index (χ3n) is 7.94. The fraction of sp³-hybridized carbons (Fsp3) is 0. The molecule has 186 valence electrons. The third-order valence-corrected chi connectivity index (χ3v) is 7.94. The zero-order valence-corrected chi connectivity index (χ0v) is 21.6. The molecule has 8 aromatic rings. The molecule has 2 aromatic heterocycles. The van der Waals surface area contributed by atoms with Gasteiger partial charge in [-0.2, -0.15) is 0 Å². The molecule has 0 N–H and O–H groups in total. The van der Waals surface area contributed by atoms with Gasteiger partial charge >= 0.3 is 0 Å². The maximum atomic E-state index is 7.77. The fourth-order valence-corrected chi connectivity index (χ4v) is 6.17. The predicted molar refractivity (Wildman–Crippen MR) is 167 cm³/mol. The van der Waals surface area contributed by atoms with Crippen LogP contribution in [0.4, 0.5) is 5.69 Å². The molecule has 3 heteroatoms. The van der Waals surface area contributed by atoms with Crippen LogP contribution < -0.4 is 0 Å². The minimum atomic E-state index is 0.644. The molecule has 0 saturated carbocycles. The average Bonchev–Trinajstić information content (AvgIpc) is 3.53. The lowest BCUT2D eigenvalue weighted by Crippen LogP contribution is -1.96. The lowest BCUT2D eigenvalue weighted by Gasteiger charge is -2.12. The van der Waals surface area contributed by atoms with Crippen LogP contribution >= 0.6 is 0 Å². The van der Waals surface area contributed by atoms with Crippen molar-refractivity contribution in [2.75, 3.05) is 0 Å². The first kappa shape index (κ1) is 22.4. The van der Waals surface area contributed by atoms with Crippen molar-refractivity contribution >= 4 is 49.3 Å². The Morgan fingerprint density at radius 2 is 1.05 bits per heavy atom. The molecule has 0 unspecified atom stereocenters. The normalized spacial score (nSPS) is 11.5. The van der Waals surface area contributed by atoms with E-state index in [1.54, 1.807) is 0 Å². The third kappa shape index (κ3) is 3.24. The minimum Gasteiger partial charge on any atom is -0.319 e. The smallest absolute Gasteiger partial charge is 0.210 e. The monoisotopic (exact) mass is 509 g/mol. The second kappa shape index (κ2) is 8.73. The van der Waals surface area contributed by atoms with Gasteiger partial charge in [0.15, 0.2) is 0 Å². The lowest BCUT2D eigenvalue weighted by atomic mass is 10.0. The molecular weight excluding hydrogens is 486 g/mol. The molecule has 3 nitrogen and oxygen atoms in total. The molecule has 0 aliphatic rings. The van der Waals surface area contributed by atoms with Crippen LogP contribution in [0.15, 0.2) is 140 Å². The Kier molecular flexibility index (Phi) is 4.89. The largest absolute Gasteiger partial charge is 0.319 e. The number of rotatable bonds is 3. The number of benzene rings is 6. The van der Waals surface area contributed by atoms with Gasteiger partial charge in [-0.25, -0.2) is 4.85 Å². The van der Waals surface area contributed by atoms with Crippen molar-refractivity contribution in [3.63, 3.8) is 0 Å². The Bertz CT molecular complexity index is 2280. The van der Waals surface area contributed by atoms with Gasteiger partial charge in [0.05, 0.1) is 34.3 Å². The summed E-state index contributed by atoms with van der Waals surface area (Å²) in [5.74, 6) is 0. The van der Waals surface area contributed by atoms with Gasteiger partial charge < -0.3 is 9.13 Å². The van der Waals surface area contributed by atoms with E-state index in [0.29, 0.717) is 5.69 Å². The van der Waals surface area contributed by atoms with E-state index in [9.17, 15) is 0 Å². The molecule has 8 rings (SSSR count). The number of hydrogen-bond acceptors (Lipinski definition) is 0. The maximum absolute atomic E-state index is 7.77. The van der Waals surface area contributed by atoms with Crippen molar-refractivity contribution in [1.29, 1.82) is 0 Å². The topological polar surface area (TPSA) is 14.2 Å². The van der Waals surface area contributed by atoms with E-state index >= 15 is 0 Å². The number of aromatic nitrogens is 2. The Labute approximate surface area is 231 Å². The SMILES string of the molecule is [C-]#[N+]c1ccccc1-n1c2ccccc2c2cc(-n3c4ccccc4c4ccc(-c5ccccc5)cc43)ccc21. The summed E-state index contributed by atoms with van der Waals surface area (Å²) in [5.41, 5.74) is 9.62. The van der Waals surface area contributed by atoms with Crippen LogP contribution in [0.3, 0.4) is 0 Å². The van der Waals surface area contributed by atoms with Crippen LogP contribution in [-0.2, 0) is 0 Å². The van der Waals surface area contributed by atoms with Crippen molar-refractivity contribution in [3.05, 3.63) is 151 Å². The molecule has 40 heavy (non-hydrogen) atoms. The summed E-state index contributed by atoms with van der Waals surface area (Å²) < 4.78 is 4.61. The van der Waals surface area contributed by atoms with Gasteiger partial charge in [-0.05, 0) is 53.6 Å². The van der Waals surface area contributed by atoms with Gasteiger partial charge in [0.25, 0.3) is 0 Å². The van der Waals surface area contributed by atoms with E-state index in [-0.39, 0.29) is 0 Å². The van der Waals surface area contributed by atoms with Gasteiger partial charge in [-0.3, -0.25) is 0 Å². The molecule has 0 spiro atoms. The van der Waals surface area contributed by atoms with Gasteiger partial charge in [0.1, 0.15) is 0 Å². The number of nitrogens with zero attached hydrogens (tertiary/aromatic N) is 3. The Balaban J connectivity index is 1.44. The fourth-order valence-electron chi connectivity index (χ4n) is 6.17. The minimum absolute atomic E-state index is 0.644. The van der Waals surface area contributed by atoms with Gasteiger partial charge in [-0.15, -0.1) is 0 Å². The highest BCUT2D eigenvalue weighted by molar-refractivity contribution is 6.13. The van der Waals surface area contributed by atoms with E-state index in [2.05, 4.69) is 129 Å². The molecule has 0 radical (unpaired) electrons. The van der Waals surface area contributed by atoms with Crippen LogP contribution in [0.5, 0.6) is 0 Å². The maximum Gasteiger partial charge on any atom is 0.210 e. The molecule has 0 amide bonds. The average molecular weight is 510 g/mol. The highest BCUT2D eigenvalue weighted by atomic mass is 15.0. The van der Waals surface area contributed by atoms with Crippen LogP contribution in [0, 0.1) is 6.57 Å². The van der Waals surface area contributed by atoms with Crippen molar-refractivity contribution in [2.24, 2.45) is 0 Å². The van der Waals surface area contributed by atoms with Crippen molar-refractivity contribution in [2.45, 2.75) is 0 Å². The Morgan fingerprint density at radius 1 is 0.425 bits per heavy atom. The van der Waals surface area contributed by atoms with E-state index in [1.807, 2.05) is 24.3 Å². The summed E-state index contributed by atoms with van der Waals surface area (Å²) in [5, 5.41) is 4.82. The quantitative estimate of drug-likeness (QED) is 0.210. The van der Waals surface area contributed by atoms with E-state index < -0.39 is 0 Å². The van der Waals surface area contributed by atoms with Gasteiger partial charge in [0.2, 0.25) is 5.69 Å². The van der Waals surface area contributed by atoms with Crippen molar-refractivity contribution in [1.82, 2.24) is 9.13 Å². The van der Waals surface area contributed by atoms with Crippen LogP contribution in [0.2, 0.25) is 0 Å². The predicted octanol–water partition coefficient (Wildman–Crippen LogP) is 10.1. The van der Waals surface area contributed by atoms with Gasteiger partial charge in [-0.1, -0.05) is 97.1 Å². The van der Waals surface area contributed by atoms with Crippen LogP contribution in [0.25, 0.3) is 71.0 Å². The number of hydrogen-bond donors (Lipinski definition) is 0. The highest BCUT2D eigenvalue weighted by Gasteiger charge is 2.17. The second-order valence-electron chi connectivity index (χ2n) is 10.1. The van der Waals surface area contributed by atoms with E-state index in [1.165, 1.54) is 38.3 Å². The molecule has 0 bridgehead atoms. The van der Waals surface area contributed by atoms with Crippen molar-refractivity contribution < 1.29 is 0 Å². The number of fused-ring (bicyclic) bond motifs is 6. The van der Waals surface area contributed by atoms with E-state index in [0.717, 1.165) is 27.8 Å². The summed E-state index contributed by atoms with van der Waals surface area (Å²) in [4.78, 5) is 3.82. The standard InChI is InChI=1S/C37H23N3/c1-38-32-15-7-10-18-36(32)40-34-17-9-6-14-29(34)31-24-27(20-22-35(31)40)39-33-16-8-5-13-28(33)30-21-19-26(23-37(30)39)25-11-3-2-4-12-25/h2-24H. The van der Waals surface area contributed by atoms with E-state index in [4.69, 9.17) is 6.57 Å². The zero-order chi connectivity index (χ0) is 26.6. The molecule has 0 aliphatic carbocycles. The molecule has 0 aliphatic heterocycles. The molecular formula is C37H23N3. The number of para-hydroxylation sites is 4. The molecule has 2 heterocycles. The second-order valence-corrected chi connectivity index (χ2v) is 10.1. The summed E-state index contributed by atoms with van der Waals surface area (Å²) in [6, 6.07) is 49.0. The molecule has 0 saturated heterocycles. The molecule has 0 fully saturated rings. The van der Waals surface area contributed by atoms with Gasteiger partial charge in [0, 0.05) is 27.2 Å². The van der Waals surface area contributed by atoms with Crippen LogP contribution in [-0.4, -0.2) is 9.13 Å². The lowest BCUT2D eigenvalue weighted by molar-refractivity contribution is 1.17. The molecule has 6 aromatic carbocycles. The summed E-state index contributed by atoms with van der Waals surface area (Å²) in [7, 11) is 0. The van der Waals surface area contributed by atoms with Crippen molar-refractivity contribution in [3.8, 4) is 22.5 Å². The summed E-state index contributed by atoms with van der Waals surface area (Å²) >= 11 is 0. The summed E-state index contributed by atoms with van der Waals surface area (Å²) in [6.07, 6.45) is 0. The Morgan fingerprint density at radius 3 is 1.85 bits per heavy atom. The zero-order valence-electron chi connectivity index (χ0n) is 21.6. The first-order chi connectivity index (χ1) is 19.8. The highest BCUT2D eigenvalue weighted by Crippen LogP contribution is 2.39. The van der Waals surface area contributed by atoms with Crippen LogP contribution in [0.1, 0.15) is 0 Å². The first-order valence-corrected chi connectivity index (χ1v) is 13.4. The summed E-state index contributed by atoms with van der Waals surface area (Å²) in [6.45, 7) is 7.77.